The quantitative estimate of drug-likeness (QED) is 0.113. The molecular weight excluding hydrogens is 1210 g/mol. The van der Waals surface area contributed by atoms with Gasteiger partial charge in [-0.05, 0) is 178 Å². The highest BCUT2D eigenvalue weighted by Gasteiger charge is 2.19. The lowest BCUT2D eigenvalue weighted by Crippen LogP contribution is -2.18. The van der Waals surface area contributed by atoms with E-state index in [4.69, 9.17) is 4.74 Å². The highest BCUT2D eigenvalue weighted by molar-refractivity contribution is 14.1. The molecule has 2 amide bonds. The van der Waals surface area contributed by atoms with Gasteiger partial charge < -0.3 is 19.9 Å². The third-order valence-electron chi connectivity index (χ3n) is 4.73. The van der Waals surface area contributed by atoms with Crippen LogP contribution >= 0.6 is 136 Å². The fourth-order valence-electron chi connectivity index (χ4n) is 3.05. The average molecular weight is 1220 g/mol. The number of rotatable bonds is 8. The second-order valence-electron chi connectivity index (χ2n) is 7.60. The third kappa shape index (κ3) is 9.96. The molecule has 0 saturated heterocycles. The van der Waals surface area contributed by atoms with Gasteiger partial charge in [-0.15, -0.1) is 0 Å². The number of hydrogen-bond donors (Lipinski definition) is 2. The van der Waals surface area contributed by atoms with Gasteiger partial charge >= 0.3 is 5.97 Å². The van der Waals surface area contributed by atoms with Crippen LogP contribution in [0.5, 0.6) is 0 Å². The molecule has 39 heavy (non-hydrogen) atoms. The highest BCUT2D eigenvalue weighted by Crippen LogP contribution is 2.27. The fraction of sp³-hybridized carbons (Fsp3) is 0.0870. The van der Waals surface area contributed by atoms with Crippen LogP contribution in [0.2, 0.25) is 0 Å². The van der Waals surface area contributed by atoms with Crippen LogP contribution in [0.3, 0.4) is 0 Å². The van der Waals surface area contributed by atoms with E-state index in [0.717, 1.165) is 21.4 Å². The van der Waals surface area contributed by atoms with Crippen LogP contribution in [-0.2, 0) is 14.9 Å². The van der Waals surface area contributed by atoms with E-state index in [1.54, 1.807) is 12.1 Å². The van der Waals surface area contributed by atoms with E-state index in [9.17, 15) is 27.4 Å². The Balaban J connectivity index is 1.97. The van der Waals surface area contributed by atoms with E-state index in [0.29, 0.717) is 11.1 Å². The molecule has 0 aliphatic carbocycles. The minimum absolute atomic E-state index is 0.0646. The van der Waals surface area contributed by atoms with Crippen molar-refractivity contribution in [3.05, 3.63) is 80.6 Å². The smallest absolute Gasteiger partial charge is 0.338 e. The van der Waals surface area contributed by atoms with Crippen molar-refractivity contribution in [2.45, 2.75) is 0 Å². The molecule has 2 N–H and O–H groups in total. The number of anilines is 2. The molecule has 0 fully saturated rings. The molecule has 0 aliphatic rings. The zero-order valence-electron chi connectivity index (χ0n) is 19.0. The predicted molar refractivity (Wildman–Crippen MR) is 196 cm³/mol. The van der Waals surface area contributed by atoms with Crippen molar-refractivity contribution in [1.29, 1.82) is 0 Å². The van der Waals surface area contributed by atoms with Crippen LogP contribution in [0, 0.1) is 21.4 Å². The van der Waals surface area contributed by atoms with Crippen molar-refractivity contribution in [3.63, 3.8) is 0 Å². The zero-order chi connectivity index (χ0) is 29.1. The van der Waals surface area contributed by atoms with E-state index in [1.807, 2.05) is 12.1 Å². The first-order chi connectivity index (χ1) is 18.1. The molecule has 206 valence electrons. The number of benzene rings is 3. The number of carbonyl (C=O) groups excluding carboxylic acids is 3. The maximum atomic E-state index is 13.1. The normalized spacial score (nSPS) is 11.2. The number of esters is 1. The molecule has 3 rings (SSSR count). The van der Waals surface area contributed by atoms with Gasteiger partial charge in [0.2, 0.25) is 0 Å². The van der Waals surface area contributed by atoms with Crippen LogP contribution in [0.15, 0.2) is 42.5 Å². The summed E-state index contributed by atoms with van der Waals surface area (Å²) >= 11 is 12.6. The largest absolute Gasteiger partial charge is 0.748 e. The third-order valence-corrected chi connectivity index (χ3v) is 12.7. The Kier molecular flexibility index (Phi) is 12.8. The van der Waals surface area contributed by atoms with Crippen LogP contribution in [0.4, 0.5) is 11.4 Å². The minimum atomic E-state index is -4.58. The second-order valence-corrected chi connectivity index (χ2v) is 16.1. The summed E-state index contributed by atoms with van der Waals surface area (Å²) in [7, 11) is -4.58. The van der Waals surface area contributed by atoms with Gasteiger partial charge in [-0.1, -0.05) is 0 Å². The maximum Gasteiger partial charge on any atom is 0.338 e. The number of carbonyl (C=O) groups is 3. The molecule has 0 bridgehead atoms. The molecule has 0 heterocycles. The average Bonchev–Trinajstić information content (AvgIpc) is 2.82. The molecule has 3 aromatic rings. The van der Waals surface area contributed by atoms with Crippen LogP contribution in [-0.4, -0.2) is 43.1 Å². The van der Waals surface area contributed by atoms with Crippen molar-refractivity contribution in [1.82, 2.24) is 0 Å². The molecule has 0 radical (unpaired) electrons. The van der Waals surface area contributed by atoms with Gasteiger partial charge in [-0.2, -0.15) is 0 Å². The number of amides is 2. The van der Waals surface area contributed by atoms with Gasteiger partial charge in [0.25, 0.3) is 11.8 Å². The maximum absolute atomic E-state index is 13.1. The molecule has 0 saturated carbocycles. The molecule has 0 spiro atoms. The van der Waals surface area contributed by atoms with Crippen LogP contribution in [0.25, 0.3) is 0 Å². The Morgan fingerprint density at radius 1 is 0.718 bits per heavy atom. The van der Waals surface area contributed by atoms with Crippen molar-refractivity contribution in [2.24, 2.45) is 0 Å². The first-order valence-electron chi connectivity index (χ1n) is 10.3. The summed E-state index contributed by atoms with van der Waals surface area (Å²) in [6, 6.07) is 11.5. The summed E-state index contributed by atoms with van der Waals surface area (Å²) in [6.07, 6.45) is 0. The second kappa shape index (κ2) is 14.7. The van der Waals surface area contributed by atoms with Gasteiger partial charge in [-0.25, -0.2) is 13.2 Å². The first kappa shape index (κ1) is 33.9. The van der Waals surface area contributed by atoms with Crippen LogP contribution < -0.4 is 10.6 Å². The van der Waals surface area contributed by atoms with Crippen molar-refractivity contribution in [2.75, 3.05) is 23.0 Å². The standard InChI is InChI=1S/C23H14I6N2O7S/c24-11-5-15(19(28)17(26)7-11)21(32)30-13-3-10(23(34)38-1-2-39(35,36)37)4-14(9-13)31-22(33)16-6-12(25)8-18(27)20(16)29/h3-9H,1-2H2,(H,30,32)(H,31,33)(H,35,36,37)/p-1. The van der Waals surface area contributed by atoms with E-state index < -0.39 is 40.3 Å². The van der Waals surface area contributed by atoms with E-state index in [-0.39, 0.29) is 16.9 Å². The van der Waals surface area contributed by atoms with Crippen molar-refractivity contribution >= 4 is 175 Å². The summed E-state index contributed by atoms with van der Waals surface area (Å²) in [6.45, 7) is -0.638. The molecule has 0 aromatic heterocycles. The van der Waals surface area contributed by atoms with Gasteiger partial charge in [-0.3, -0.25) is 9.59 Å². The van der Waals surface area contributed by atoms with E-state index in [1.165, 1.54) is 18.2 Å². The molecule has 9 nitrogen and oxygen atoms in total. The first-order valence-corrected chi connectivity index (χ1v) is 18.4. The van der Waals surface area contributed by atoms with E-state index >= 15 is 0 Å². The monoisotopic (exact) mass is 1220 g/mol. The number of hydrogen-bond acceptors (Lipinski definition) is 7. The Hall–Kier alpha value is 0.360. The van der Waals surface area contributed by atoms with Gasteiger partial charge in [0, 0.05) is 32.8 Å². The van der Waals surface area contributed by atoms with Gasteiger partial charge in [0.1, 0.15) is 6.61 Å². The van der Waals surface area contributed by atoms with Crippen molar-refractivity contribution in [3.8, 4) is 0 Å². The number of halogens is 6. The molecule has 16 heteroatoms. The molecule has 0 atom stereocenters. The summed E-state index contributed by atoms with van der Waals surface area (Å²) < 4.78 is 42.6. The zero-order valence-corrected chi connectivity index (χ0v) is 32.8. The summed E-state index contributed by atoms with van der Waals surface area (Å²) in [5, 5.41) is 5.51. The van der Waals surface area contributed by atoms with Crippen LogP contribution in [0.1, 0.15) is 31.1 Å². The summed E-state index contributed by atoms with van der Waals surface area (Å²) in [5.41, 5.74) is 1.17. The number of nitrogens with one attached hydrogen (secondary N) is 2. The Labute approximate surface area is 305 Å². The lowest BCUT2D eigenvalue weighted by atomic mass is 10.1. The fourth-order valence-corrected chi connectivity index (χ4v) is 8.14. The topological polar surface area (TPSA) is 142 Å². The molecular formula is C23H13I6N2O7S-. The molecule has 0 unspecified atom stereocenters. The Morgan fingerprint density at radius 2 is 1.15 bits per heavy atom. The van der Waals surface area contributed by atoms with Gasteiger partial charge in [0.05, 0.1) is 32.6 Å². The summed E-state index contributed by atoms with van der Waals surface area (Å²) in [5.74, 6) is -2.68. The lowest BCUT2D eigenvalue weighted by molar-refractivity contribution is 0.0527. The SMILES string of the molecule is O=C(OCCS(=O)(=O)[O-])c1cc(NC(=O)c2cc(I)cc(I)c2I)cc(NC(=O)c2cc(I)cc(I)c2I)c1. The predicted octanol–water partition coefficient (Wildman–Crippen LogP) is 6.52. The summed E-state index contributed by atoms with van der Waals surface area (Å²) in [4.78, 5) is 39.0. The number of ether oxygens (including phenoxy) is 1. The molecule has 0 aliphatic heterocycles. The van der Waals surface area contributed by atoms with Gasteiger partial charge in [0.15, 0.2) is 0 Å². The minimum Gasteiger partial charge on any atom is -0.748 e. The molecule has 3 aromatic carbocycles. The van der Waals surface area contributed by atoms with E-state index in [2.05, 4.69) is 146 Å². The lowest BCUT2D eigenvalue weighted by Gasteiger charge is -2.14. The van der Waals surface area contributed by atoms with Crippen molar-refractivity contribution < 1.29 is 32.1 Å². The highest BCUT2D eigenvalue weighted by atomic mass is 127. The Morgan fingerprint density at radius 3 is 1.56 bits per heavy atom. The Bertz CT molecular complexity index is 1510.